The van der Waals surface area contributed by atoms with E-state index < -0.39 is 0 Å². The molecule has 3 aliphatic rings. The van der Waals surface area contributed by atoms with E-state index in [-0.39, 0.29) is 11.6 Å². The molecule has 0 saturated heterocycles. The average molecular weight is 390 g/mol. The average Bonchev–Trinajstić information content (AvgIpc) is 2.82. The molecular formula is C28H22O2. The van der Waals surface area contributed by atoms with Crippen LogP contribution in [0.5, 0.6) is 0 Å². The van der Waals surface area contributed by atoms with Gasteiger partial charge in [0.05, 0.1) is 0 Å². The molecule has 146 valence electrons. The zero-order valence-electron chi connectivity index (χ0n) is 16.7. The van der Waals surface area contributed by atoms with Gasteiger partial charge in [-0.25, -0.2) is 0 Å². The zero-order valence-corrected chi connectivity index (χ0v) is 16.7. The summed E-state index contributed by atoms with van der Waals surface area (Å²) in [6.45, 7) is 0. The van der Waals surface area contributed by atoms with Crippen LogP contribution in [0.15, 0.2) is 90.5 Å². The lowest BCUT2D eigenvalue weighted by molar-refractivity contribution is 0.0994. The summed E-state index contributed by atoms with van der Waals surface area (Å²) >= 11 is 0. The van der Waals surface area contributed by atoms with Crippen LogP contribution in [0.2, 0.25) is 0 Å². The Morgan fingerprint density at radius 2 is 1.30 bits per heavy atom. The SMILES string of the molecule is C1=CC2=C(CC1)CCc1c2ccc2ccccc12.O=C1C=CC(=O)c2ccccc21. The molecule has 0 heterocycles. The summed E-state index contributed by atoms with van der Waals surface area (Å²) in [6, 6.07) is 20.2. The van der Waals surface area contributed by atoms with Crippen LogP contribution in [0.4, 0.5) is 0 Å². The quantitative estimate of drug-likeness (QED) is 0.438. The highest BCUT2D eigenvalue weighted by Crippen LogP contribution is 2.39. The maximum Gasteiger partial charge on any atom is 0.186 e. The topological polar surface area (TPSA) is 34.1 Å². The number of hydrogen-bond donors (Lipinski definition) is 0. The van der Waals surface area contributed by atoms with Gasteiger partial charge in [-0.3, -0.25) is 9.59 Å². The Kier molecular flexibility index (Phi) is 4.76. The first kappa shape index (κ1) is 18.5. The molecule has 0 aliphatic heterocycles. The van der Waals surface area contributed by atoms with Crippen molar-refractivity contribution in [2.24, 2.45) is 0 Å². The second kappa shape index (κ2) is 7.72. The van der Waals surface area contributed by atoms with Gasteiger partial charge in [-0.05, 0) is 65.3 Å². The van der Waals surface area contributed by atoms with Crippen molar-refractivity contribution in [1.29, 1.82) is 0 Å². The van der Waals surface area contributed by atoms with Gasteiger partial charge in [0, 0.05) is 11.1 Å². The van der Waals surface area contributed by atoms with E-state index >= 15 is 0 Å². The molecule has 3 aromatic carbocycles. The largest absolute Gasteiger partial charge is 0.289 e. The van der Waals surface area contributed by atoms with Gasteiger partial charge in [-0.15, -0.1) is 0 Å². The minimum atomic E-state index is -0.0924. The van der Waals surface area contributed by atoms with Gasteiger partial charge in [0.15, 0.2) is 11.6 Å². The Morgan fingerprint density at radius 1 is 0.600 bits per heavy atom. The minimum Gasteiger partial charge on any atom is -0.289 e. The molecule has 3 aliphatic carbocycles. The van der Waals surface area contributed by atoms with E-state index in [4.69, 9.17) is 0 Å². The van der Waals surface area contributed by atoms with Gasteiger partial charge in [-0.1, -0.05) is 78.4 Å². The number of ketones is 2. The van der Waals surface area contributed by atoms with Crippen molar-refractivity contribution in [1.82, 2.24) is 0 Å². The van der Waals surface area contributed by atoms with Gasteiger partial charge in [0.1, 0.15) is 0 Å². The molecule has 6 rings (SSSR count). The molecule has 0 aromatic heterocycles. The van der Waals surface area contributed by atoms with Gasteiger partial charge in [0.2, 0.25) is 0 Å². The second-order valence-corrected chi connectivity index (χ2v) is 7.88. The number of carbonyl (C=O) groups excluding carboxylic acids is 2. The Balaban J connectivity index is 0.000000140. The van der Waals surface area contributed by atoms with Crippen molar-refractivity contribution in [2.45, 2.75) is 25.7 Å². The van der Waals surface area contributed by atoms with Gasteiger partial charge < -0.3 is 0 Å². The molecule has 3 aromatic rings. The van der Waals surface area contributed by atoms with E-state index in [9.17, 15) is 9.59 Å². The predicted octanol–water partition coefficient (Wildman–Crippen LogP) is 6.51. The van der Waals surface area contributed by atoms with Crippen LogP contribution in [0.25, 0.3) is 16.3 Å². The van der Waals surface area contributed by atoms with Gasteiger partial charge in [0.25, 0.3) is 0 Å². The Labute approximate surface area is 176 Å². The maximum absolute atomic E-state index is 11.2. The van der Waals surface area contributed by atoms with Gasteiger partial charge in [-0.2, -0.15) is 0 Å². The van der Waals surface area contributed by atoms with Crippen LogP contribution >= 0.6 is 0 Å². The molecule has 0 unspecified atom stereocenters. The Morgan fingerprint density at radius 3 is 2.07 bits per heavy atom. The number of carbonyl (C=O) groups is 2. The maximum atomic E-state index is 11.2. The third kappa shape index (κ3) is 3.25. The second-order valence-electron chi connectivity index (χ2n) is 7.88. The van der Waals surface area contributed by atoms with E-state index in [2.05, 4.69) is 48.6 Å². The van der Waals surface area contributed by atoms with E-state index in [1.54, 1.807) is 35.4 Å². The van der Waals surface area contributed by atoms with E-state index in [1.807, 2.05) is 0 Å². The lowest BCUT2D eigenvalue weighted by Gasteiger charge is -2.25. The zero-order chi connectivity index (χ0) is 20.5. The lowest BCUT2D eigenvalue weighted by Crippen LogP contribution is -2.10. The molecule has 0 N–H and O–H groups in total. The fraction of sp³-hybridized carbons (Fsp3) is 0.143. The van der Waals surface area contributed by atoms with Crippen molar-refractivity contribution < 1.29 is 9.59 Å². The fourth-order valence-electron chi connectivity index (χ4n) is 4.63. The van der Waals surface area contributed by atoms with Crippen LogP contribution in [0, 0.1) is 0 Å². The molecule has 2 heteroatoms. The number of hydrogen-bond acceptors (Lipinski definition) is 2. The van der Waals surface area contributed by atoms with Crippen LogP contribution < -0.4 is 0 Å². The van der Waals surface area contributed by atoms with Crippen molar-refractivity contribution >= 4 is 27.9 Å². The van der Waals surface area contributed by atoms with Crippen LogP contribution in [0.3, 0.4) is 0 Å². The van der Waals surface area contributed by atoms with E-state index in [0.717, 1.165) is 0 Å². The summed E-state index contributed by atoms with van der Waals surface area (Å²) in [6.07, 6.45) is 12.2. The highest BCUT2D eigenvalue weighted by molar-refractivity contribution is 6.21. The predicted molar refractivity (Wildman–Crippen MR) is 122 cm³/mol. The molecule has 0 amide bonds. The molecule has 2 nitrogen and oxygen atoms in total. The number of aryl methyl sites for hydroxylation is 1. The molecule has 0 fully saturated rings. The third-order valence-corrected chi connectivity index (χ3v) is 6.13. The molecule has 0 atom stereocenters. The van der Waals surface area contributed by atoms with Crippen molar-refractivity contribution in [3.8, 4) is 0 Å². The molecule has 30 heavy (non-hydrogen) atoms. The molecule has 0 saturated carbocycles. The first-order valence-electron chi connectivity index (χ1n) is 10.5. The smallest absolute Gasteiger partial charge is 0.186 e. The molecule has 0 radical (unpaired) electrons. The number of benzene rings is 3. The normalized spacial score (nSPS) is 16.5. The van der Waals surface area contributed by atoms with Crippen LogP contribution in [0.1, 0.15) is 51.1 Å². The Hall–Kier alpha value is -3.52. The van der Waals surface area contributed by atoms with E-state index in [0.29, 0.717) is 11.1 Å². The first-order chi connectivity index (χ1) is 14.7. The highest BCUT2D eigenvalue weighted by Gasteiger charge is 2.20. The summed E-state index contributed by atoms with van der Waals surface area (Å²) in [5.41, 5.74) is 7.22. The van der Waals surface area contributed by atoms with Crippen molar-refractivity contribution in [3.05, 3.63) is 113 Å². The van der Waals surface area contributed by atoms with Crippen LogP contribution in [-0.2, 0) is 6.42 Å². The minimum absolute atomic E-state index is 0.0924. The summed E-state index contributed by atoms with van der Waals surface area (Å²) in [5, 5.41) is 2.82. The number of allylic oxidation sites excluding steroid dienone is 6. The van der Waals surface area contributed by atoms with Gasteiger partial charge >= 0.3 is 0 Å². The standard InChI is InChI=1S/C18H16.C10H6O2/c1-3-7-15-13(5-1)9-11-18-16-8-4-2-6-14(16)10-12-17(15)18;11-9-5-6-10(12)8-4-2-1-3-7(8)9/h1,3-5,7-9,11H,2,6,10,12H2;1-6H. The molecule has 0 bridgehead atoms. The van der Waals surface area contributed by atoms with Crippen molar-refractivity contribution in [2.75, 3.05) is 0 Å². The first-order valence-corrected chi connectivity index (χ1v) is 10.5. The summed E-state index contributed by atoms with van der Waals surface area (Å²) in [5.74, 6) is -0.185. The molecule has 0 spiro atoms. The lowest BCUT2D eigenvalue weighted by atomic mass is 9.80. The number of fused-ring (bicyclic) bond motifs is 5. The highest BCUT2D eigenvalue weighted by atomic mass is 16.1. The van der Waals surface area contributed by atoms with E-state index in [1.165, 1.54) is 59.7 Å². The van der Waals surface area contributed by atoms with Crippen LogP contribution in [-0.4, -0.2) is 11.6 Å². The third-order valence-electron chi connectivity index (χ3n) is 6.13. The van der Waals surface area contributed by atoms with Crippen molar-refractivity contribution in [3.63, 3.8) is 0 Å². The number of rotatable bonds is 0. The Bertz CT molecular complexity index is 1230. The fourth-order valence-corrected chi connectivity index (χ4v) is 4.63. The molecular weight excluding hydrogens is 368 g/mol. The summed E-state index contributed by atoms with van der Waals surface area (Å²) in [4.78, 5) is 22.4. The summed E-state index contributed by atoms with van der Waals surface area (Å²) in [7, 11) is 0. The summed E-state index contributed by atoms with van der Waals surface area (Å²) < 4.78 is 0. The monoisotopic (exact) mass is 390 g/mol.